The van der Waals surface area contributed by atoms with Crippen LogP contribution in [-0.4, -0.2) is 13.4 Å². The molecule has 0 aliphatic carbocycles. The van der Waals surface area contributed by atoms with E-state index in [1.54, 1.807) is 7.11 Å². The van der Waals surface area contributed by atoms with E-state index >= 15 is 0 Å². The molecule has 0 fully saturated rings. The lowest BCUT2D eigenvalue weighted by Gasteiger charge is -2.16. The van der Waals surface area contributed by atoms with Crippen molar-refractivity contribution in [3.8, 4) is 5.75 Å². The zero-order valence-electron chi connectivity index (χ0n) is 10.8. The molecule has 0 aliphatic rings. The molecule has 2 nitrogen and oxygen atoms in total. The molecule has 1 atom stereocenters. The standard InChI is InChI=1S/C16H18O2/c1-13(17-2)18-16-11-7-6-10-15(16)12-14-8-4-3-5-9-14/h3-11,13H,12H2,1-2H3. The number of benzene rings is 2. The minimum Gasteiger partial charge on any atom is -0.465 e. The van der Waals surface area contributed by atoms with Gasteiger partial charge in [0.1, 0.15) is 5.75 Å². The third-order valence-electron chi connectivity index (χ3n) is 2.83. The lowest BCUT2D eigenvalue weighted by atomic mass is 10.0. The van der Waals surface area contributed by atoms with Crippen LogP contribution in [0.3, 0.4) is 0 Å². The Bertz CT molecular complexity index is 479. The molecule has 2 aromatic rings. The maximum absolute atomic E-state index is 5.74. The fraction of sp³-hybridized carbons (Fsp3) is 0.250. The van der Waals surface area contributed by atoms with Crippen LogP contribution in [0.1, 0.15) is 18.1 Å². The first-order chi connectivity index (χ1) is 8.79. The molecule has 0 heterocycles. The molecule has 0 bridgehead atoms. The van der Waals surface area contributed by atoms with Gasteiger partial charge in [0, 0.05) is 13.5 Å². The molecule has 94 valence electrons. The van der Waals surface area contributed by atoms with Crippen molar-refractivity contribution in [1.29, 1.82) is 0 Å². The second kappa shape index (κ2) is 6.22. The predicted octanol–water partition coefficient (Wildman–Crippen LogP) is 3.65. The van der Waals surface area contributed by atoms with E-state index in [0.29, 0.717) is 0 Å². The molecular formula is C16H18O2. The molecule has 0 spiro atoms. The van der Waals surface area contributed by atoms with E-state index in [0.717, 1.165) is 12.2 Å². The Morgan fingerprint density at radius 1 is 0.944 bits per heavy atom. The van der Waals surface area contributed by atoms with Crippen LogP contribution in [-0.2, 0) is 11.2 Å². The van der Waals surface area contributed by atoms with Crippen molar-refractivity contribution in [3.63, 3.8) is 0 Å². The molecule has 2 heteroatoms. The predicted molar refractivity (Wildman–Crippen MR) is 72.8 cm³/mol. The van der Waals surface area contributed by atoms with E-state index in [1.165, 1.54) is 11.1 Å². The van der Waals surface area contributed by atoms with Gasteiger partial charge in [-0.25, -0.2) is 0 Å². The second-order valence-corrected chi connectivity index (χ2v) is 4.19. The van der Waals surface area contributed by atoms with Crippen LogP contribution in [0.15, 0.2) is 54.6 Å². The SMILES string of the molecule is COC(C)Oc1ccccc1Cc1ccccc1. The molecule has 0 aliphatic heterocycles. The molecule has 0 saturated heterocycles. The van der Waals surface area contributed by atoms with Crippen LogP contribution in [0.5, 0.6) is 5.75 Å². The Morgan fingerprint density at radius 3 is 2.33 bits per heavy atom. The van der Waals surface area contributed by atoms with Gasteiger partial charge < -0.3 is 9.47 Å². The molecule has 0 N–H and O–H groups in total. The summed E-state index contributed by atoms with van der Waals surface area (Å²) < 4.78 is 10.9. The van der Waals surface area contributed by atoms with E-state index in [1.807, 2.05) is 31.2 Å². The van der Waals surface area contributed by atoms with E-state index in [9.17, 15) is 0 Å². The minimum absolute atomic E-state index is 0.234. The number of hydrogen-bond donors (Lipinski definition) is 0. The van der Waals surface area contributed by atoms with Gasteiger partial charge in [0.25, 0.3) is 0 Å². The van der Waals surface area contributed by atoms with Gasteiger partial charge in [0.05, 0.1) is 0 Å². The zero-order valence-corrected chi connectivity index (χ0v) is 10.8. The van der Waals surface area contributed by atoms with Crippen molar-refractivity contribution in [1.82, 2.24) is 0 Å². The molecule has 0 radical (unpaired) electrons. The first kappa shape index (κ1) is 12.7. The first-order valence-electron chi connectivity index (χ1n) is 6.11. The highest BCUT2D eigenvalue weighted by molar-refractivity contribution is 5.37. The van der Waals surface area contributed by atoms with Gasteiger partial charge in [-0.3, -0.25) is 0 Å². The topological polar surface area (TPSA) is 18.5 Å². The molecule has 18 heavy (non-hydrogen) atoms. The molecule has 2 rings (SSSR count). The summed E-state index contributed by atoms with van der Waals surface area (Å²) in [5.41, 5.74) is 2.45. The normalized spacial score (nSPS) is 12.1. The number of ether oxygens (including phenoxy) is 2. The van der Waals surface area contributed by atoms with E-state index in [4.69, 9.17) is 9.47 Å². The molecule has 0 saturated carbocycles. The summed E-state index contributed by atoms with van der Waals surface area (Å²) in [6.07, 6.45) is 0.634. The molecule has 2 aromatic carbocycles. The van der Waals surface area contributed by atoms with Crippen molar-refractivity contribution in [2.45, 2.75) is 19.6 Å². The van der Waals surface area contributed by atoms with Crippen LogP contribution in [0.4, 0.5) is 0 Å². The van der Waals surface area contributed by atoms with Gasteiger partial charge in [-0.2, -0.15) is 0 Å². The molecule has 0 amide bonds. The van der Waals surface area contributed by atoms with Gasteiger partial charge >= 0.3 is 0 Å². The van der Waals surface area contributed by atoms with Crippen LogP contribution in [0.25, 0.3) is 0 Å². The van der Waals surface area contributed by atoms with Gasteiger partial charge in [0.2, 0.25) is 0 Å². The Labute approximate surface area is 108 Å². The summed E-state index contributed by atoms with van der Waals surface area (Å²) in [6.45, 7) is 1.89. The highest BCUT2D eigenvalue weighted by atomic mass is 16.7. The van der Waals surface area contributed by atoms with Crippen LogP contribution < -0.4 is 4.74 Å². The largest absolute Gasteiger partial charge is 0.465 e. The molecular weight excluding hydrogens is 224 g/mol. The summed E-state index contributed by atoms with van der Waals surface area (Å²) in [5.74, 6) is 0.885. The van der Waals surface area contributed by atoms with Crippen molar-refractivity contribution in [2.24, 2.45) is 0 Å². The Hall–Kier alpha value is -1.80. The van der Waals surface area contributed by atoms with E-state index < -0.39 is 0 Å². The van der Waals surface area contributed by atoms with Crippen molar-refractivity contribution in [3.05, 3.63) is 65.7 Å². The van der Waals surface area contributed by atoms with Gasteiger partial charge in [-0.05, 0) is 24.1 Å². The Morgan fingerprint density at radius 2 is 1.61 bits per heavy atom. The summed E-state index contributed by atoms with van der Waals surface area (Å²) >= 11 is 0. The van der Waals surface area contributed by atoms with E-state index in [-0.39, 0.29) is 6.29 Å². The fourth-order valence-electron chi connectivity index (χ4n) is 1.81. The second-order valence-electron chi connectivity index (χ2n) is 4.19. The quantitative estimate of drug-likeness (QED) is 0.745. The number of rotatable bonds is 5. The number of methoxy groups -OCH3 is 1. The third-order valence-corrected chi connectivity index (χ3v) is 2.83. The average Bonchev–Trinajstić information content (AvgIpc) is 2.42. The number of para-hydroxylation sites is 1. The lowest BCUT2D eigenvalue weighted by molar-refractivity contribution is -0.0387. The highest BCUT2D eigenvalue weighted by Crippen LogP contribution is 2.22. The maximum atomic E-state index is 5.74. The summed E-state index contributed by atoms with van der Waals surface area (Å²) in [7, 11) is 1.64. The third kappa shape index (κ3) is 3.34. The fourth-order valence-corrected chi connectivity index (χ4v) is 1.81. The average molecular weight is 242 g/mol. The summed E-state index contributed by atoms with van der Waals surface area (Å²) in [5, 5.41) is 0. The Kier molecular flexibility index (Phi) is 4.37. The van der Waals surface area contributed by atoms with Crippen LogP contribution >= 0.6 is 0 Å². The Balaban J connectivity index is 2.17. The summed E-state index contributed by atoms with van der Waals surface area (Å²) in [4.78, 5) is 0. The first-order valence-corrected chi connectivity index (χ1v) is 6.11. The lowest BCUT2D eigenvalue weighted by Crippen LogP contribution is -2.14. The van der Waals surface area contributed by atoms with Gasteiger partial charge in [0.15, 0.2) is 6.29 Å². The van der Waals surface area contributed by atoms with E-state index in [2.05, 4.69) is 30.3 Å². The van der Waals surface area contributed by atoms with Crippen molar-refractivity contribution in [2.75, 3.05) is 7.11 Å². The monoisotopic (exact) mass is 242 g/mol. The molecule has 0 aromatic heterocycles. The highest BCUT2D eigenvalue weighted by Gasteiger charge is 2.07. The smallest absolute Gasteiger partial charge is 0.196 e. The minimum atomic E-state index is -0.234. The van der Waals surface area contributed by atoms with Gasteiger partial charge in [-0.15, -0.1) is 0 Å². The maximum Gasteiger partial charge on any atom is 0.196 e. The molecule has 1 unspecified atom stereocenters. The number of hydrogen-bond acceptors (Lipinski definition) is 2. The summed E-state index contributed by atoms with van der Waals surface area (Å²) in [6, 6.07) is 18.5. The zero-order chi connectivity index (χ0) is 12.8. The van der Waals surface area contributed by atoms with Crippen molar-refractivity contribution < 1.29 is 9.47 Å². The van der Waals surface area contributed by atoms with Crippen LogP contribution in [0, 0.1) is 0 Å². The van der Waals surface area contributed by atoms with Crippen molar-refractivity contribution >= 4 is 0 Å². The van der Waals surface area contributed by atoms with Crippen LogP contribution in [0.2, 0.25) is 0 Å². The van der Waals surface area contributed by atoms with Gasteiger partial charge in [-0.1, -0.05) is 48.5 Å².